The maximum absolute atomic E-state index is 13.7. The zero-order valence-electron chi connectivity index (χ0n) is 19.3. The third-order valence-corrected chi connectivity index (χ3v) is 7.30. The highest BCUT2D eigenvalue weighted by Gasteiger charge is 2.44. The van der Waals surface area contributed by atoms with Crippen molar-refractivity contribution in [3.8, 4) is 0 Å². The summed E-state index contributed by atoms with van der Waals surface area (Å²) in [6.45, 7) is 6.20. The van der Waals surface area contributed by atoms with Crippen LogP contribution < -0.4 is 0 Å². The Morgan fingerprint density at radius 2 is 2.00 bits per heavy atom. The van der Waals surface area contributed by atoms with Crippen LogP contribution in [-0.2, 0) is 19.1 Å². The standard InChI is InChI=1S/C25H30N2O5S/c1-16-21(24(28)30-3)23(18-9-7-13-31-18)22(17(2)26-16)25(29)32-19(20-10-8-14-33-20)15-27-11-5-4-6-12-27/h7-10,13-14,19,21,23H,4-6,11-12,15H2,1-3H3. The predicted molar refractivity (Wildman–Crippen MR) is 126 cm³/mol. The summed E-state index contributed by atoms with van der Waals surface area (Å²) in [4.78, 5) is 34.3. The zero-order valence-corrected chi connectivity index (χ0v) is 20.1. The van der Waals surface area contributed by atoms with Crippen molar-refractivity contribution in [2.75, 3.05) is 26.7 Å². The Morgan fingerprint density at radius 3 is 2.64 bits per heavy atom. The maximum atomic E-state index is 13.7. The predicted octanol–water partition coefficient (Wildman–Crippen LogP) is 4.73. The zero-order chi connectivity index (χ0) is 23.4. The van der Waals surface area contributed by atoms with Crippen molar-refractivity contribution in [2.24, 2.45) is 10.9 Å². The maximum Gasteiger partial charge on any atom is 0.337 e. The van der Waals surface area contributed by atoms with Crippen LogP contribution in [0.2, 0.25) is 0 Å². The summed E-state index contributed by atoms with van der Waals surface area (Å²) in [5.74, 6) is -1.84. The van der Waals surface area contributed by atoms with Crippen LogP contribution >= 0.6 is 11.3 Å². The molecule has 4 heterocycles. The first-order valence-electron chi connectivity index (χ1n) is 11.3. The van der Waals surface area contributed by atoms with Crippen LogP contribution in [0.5, 0.6) is 0 Å². The van der Waals surface area contributed by atoms with Gasteiger partial charge in [0.25, 0.3) is 0 Å². The number of thiophene rings is 1. The highest BCUT2D eigenvalue weighted by molar-refractivity contribution is 7.10. The van der Waals surface area contributed by atoms with E-state index >= 15 is 0 Å². The van der Waals surface area contributed by atoms with Gasteiger partial charge in [0.15, 0.2) is 0 Å². The van der Waals surface area contributed by atoms with Crippen LogP contribution in [0.15, 0.2) is 56.6 Å². The fraction of sp³-hybridized carbons (Fsp3) is 0.480. The number of likely N-dealkylation sites (tertiary alicyclic amines) is 1. The highest BCUT2D eigenvalue weighted by Crippen LogP contribution is 2.41. The molecule has 2 aliphatic heterocycles. The van der Waals surface area contributed by atoms with Gasteiger partial charge in [-0.05, 0) is 63.4 Å². The molecule has 2 aliphatic rings. The Balaban J connectivity index is 1.66. The lowest BCUT2D eigenvalue weighted by Gasteiger charge is -2.32. The molecule has 0 spiro atoms. The van der Waals surface area contributed by atoms with Gasteiger partial charge in [-0.1, -0.05) is 12.5 Å². The number of rotatable bonds is 7. The molecular weight excluding hydrogens is 440 g/mol. The van der Waals surface area contributed by atoms with Crippen LogP contribution in [0.1, 0.15) is 55.8 Å². The van der Waals surface area contributed by atoms with E-state index in [0.717, 1.165) is 30.8 Å². The van der Waals surface area contributed by atoms with Crippen molar-refractivity contribution < 1.29 is 23.5 Å². The number of esters is 2. The van der Waals surface area contributed by atoms with E-state index in [9.17, 15) is 9.59 Å². The molecule has 0 bridgehead atoms. The van der Waals surface area contributed by atoms with Gasteiger partial charge in [0, 0.05) is 22.8 Å². The smallest absolute Gasteiger partial charge is 0.337 e. The number of hydrogen-bond donors (Lipinski definition) is 0. The van der Waals surface area contributed by atoms with Gasteiger partial charge < -0.3 is 13.9 Å². The molecule has 3 unspecified atom stereocenters. The molecule has 2 aromatic rings. The van der Waals surface area contributed by atoms with Crippen molar-refractivity contribution in [1.29, 1.82) is 0 Å². The minimum atomic E-state index is -0.755. The average Bonchev–Trinajstić information content (AvgIpc) is 3.53. The van der Waals surface area contributed by atoms with E-state index in [2.05, 4.69) is 9.89 Å². The van der Waals surface area contributed by atoms with E-state index in [1.807, 2.05) is 17.5 Å². The van der Waals surface area contributed by atoms with Gasteiger partial charge in [0.05, 0.1) is 24.9 Å². The second-order valence-electron chi connectivity index (χ2n) is 8.52. The minimum absolute atomic E-state index is 0.339. The van der Waals surface area contributed by atoms with Crippen molar-refractivity contribution in [3.05, 3.63) is 57.8 Å². The van der Waals surface area contributed by atoms with Crippen molar-refractivity contribution in [1.82, 2.24) is 4.90 Å². The molecule has 0 radical (unpaired) electrons. The average molecular weight is 471 g/mol. The lowest BCUT2D eigenvalue weighted by Crippen LogP contribution is -2.37. The van der Waals surface area contributed by atoms with Gasteiger partial charge in [-0.3, -0.25) is 14.7 Å². The van der Waals surface area contributed by atoms with Crippen molar-refractivity contribution in [3.63, 3.8) is 0 Å². The number of ether oxygens (including phenoxy) is 2. The number of hydrogen-bond acceptors (Lipinski definition) is 8. The van der Waals surface area contributed by atoms with Crippen LogP contribution in [0.4, 0.5) is 0 Å². The Bertz CT molecular complexity index is 1020. The van der Waals surface area contributed by atoms with E-state index in [0.29, 0.717) is 29.3 Å². The Morgan fingerprint density at radius 1 is 1.21 bits per heavy atom. The summed E-state index contributed by atoms with van der Waals surface area (Å²) in [6.07, 6.45) is 4.70. The van der Waals surface area contributed by atoms with Gasteiger partial charge in [-0.2, -0.15) is 0 Å². The van der Waals surface area contributed by atoms with Crippen LogP contribution in [0.3, 0.4) is 0 Å². The van der Waals surface area contributed by atoms with Crippen molar-refractivity contribution >= 4 is 29.0 Å². The molecule has 0 N–H and O–H groups in total. The largest absolute Gasteiger partial charge is 0.469 e. The summed E-state index contributed by atoms with van der Waals surface area (Å²) >= 11 is 1.58. The van der Waals surface area contributed by atoms with E-state index in [1.54, 1.807) is 37.3 Å². The van der Waals surface area contributed by atoms with Crippen LogP contribution in [-0.4, -0.2) is 49.3 Å². The highest BCUT2D eigenvalue weighted by atomic mass is 32.1. The third-order valence-electron chi connectivity index (χ3n) is 6.34. The number of methoxy groups -OCH3 is 1. The lowest BCUT2D eigenvalue weighted by atomic mass is 9.78. The van der Waals surface area contributed by atoms with E-state index in [1.165, 1.54) is 19.8 Å². The first-order valence-corrected chi connectivity index (χ1v) is 12.2. The number of carbonyl (C=O) groups excluding carboxylic acids is 2. The summed E-state index contributed by atoms with van der Waals surface area (Å²) in [6, 6.07) is 7.48. The number of allylic oxidation sites excluding steroid dienone is 1. The molecule has 1 saturated heterocycles. The summed E-state index contributed by atoms with van der Waals surface area (Å²) in [5.41, 5.74) is 1.45. The first-order chi connectivity index (χ1) is 16.0. The van der Waals surface area contributed by atoms with Gasteiger partial charge in [-0.15, -0.1) is 11.3 Å². The fourth-order valence-corrected chi connectivity index (χ4v) is 5.49. The van der Waals surface area contributed by atoms with Crippen LogP contribution in [0, 0.1) is 5.92 Å². The number of furan rings is 1. The molecule has 0 aliphatic carbocycles. The second kappa shape index (κ2) is 10.5. The molecule has 8 heteroatoms. The molecule has 1 fully saturated rings. The monoisotopic (exact) mass is 470 g/mol. The number of aliphatic imine (C=N–C) groups is 1. The fourth-order valence-electron chi connectivity index (χ4n) is 4.74. The van der Waals surface area contributed by atoms with E-state index in [-0.39, 0.29) is 0 Å². The molecule has 0 saturated carbocycles. The number of piperidine rings is 1. The van der Waals surface area contributed by atoms with Gasteiger partial charge >= 0.3 is 11.9 Å². The molecule has 0 aromatic carbocycles. The minimum Gasteiger partial charge on any atom is -0.469 e. The molecule has 176 valence electrons. The third kappa shape index (κ3) is 5.12. The van der Waals surface area contributed by atoms with Gasteiger partial charge in [0.1, 0.15) is 17.8 Å². The number of carbonyl (C=O) groups is 2. The Kier molecular flexibility index (Phi) is 7.45. The van der Waals surface area contributed by atoms with Gasteiger partial charge in [0.2, 0.25) is 0 Å². The summed E-state index contributed by atoms with van der Waals surface area (Å²) in [7, 11) is 1.34. The lowest BCUT2D eigenvalue weighted by molar-refractivity contribution is -0.147. The second-order valence-corrected chi connectivity index (χ2v) is 9.50. The SMILES string of the molecule is COC(=O)C1C(C)=NC(C)=C(C(=O)OC(CN2CCCCC2)c2cccs2)C1c1ccco1. The molecule has 7 nitrogen and oxygen atoms in total. The quantitative estimate of drug-likeness (QED) is 0.544. The van der Waals surface area contributed by atoms with E-state index < -0.39 is 29.9 Å². The molecule has 4 rings (SSSR count). The topological polar surface area (TPSA) is 81.3 Å². The molecular formula is C25H30N2O5S. The molecule has 0 amide bonds. The van der Waals surface area contributed by atoms with Gasteiger partial charge in [-0.25, -0.2) is 4.79 Å². The Labute approximate surface area is 198 Å². The summed E-state index contributed by atoms with van der Waals surface area (Å²) in [5, 5.41) is 1.99. The molecule has 3 atom stereocenters. The molecule has 2 aromatic heterocycles. The van der Waals surface area contributed by atoms with Crippen LogP contribution in [0.25, 0.3) is 0 Å². The normalized spacial score (nSPS) is 22.6. The first kappa shape index (κ1) is 23.4. The Hall–Kier alpha value is -2.71. The molecule has 33 heavy (non-hydrogen) atoms. The van der Waals surface area contributed by atoms with E-state index in [4.69, 9.17) is 13.9 Å². The number of nitrogens with zero attached hydrogens (tertiary/aromatic N) is 2. The summed E-state index contributed by atoms with van der Waals surface area (Å²) < 4.78 is 16.9. The van der Waals surface area contributed by atoms with Crippen molar-refractivity contribution in [2.45, 2.75) is 45.1 Å².